The molecule has 4 N–H and O–H groups in total. The predicted molar refractivity (Wildman–Crippen MR) is 84.8 cm³/mol. The lowest BCUT2D eigenvalue weighted by Crippen LogP contribution is -2.16. The minimum atomic E-state index is 0.270. The third-order valence-corrected chi connectivity index (χ3v) is 4.17. The van der Waals surface area contributed by atoms with Crippen molar-refractivity contribution in [2.24, 2.45) is 5.84 Å². The van der Waals surface area contributed by atoms with Crippen LogP contribution in [0.15, 0.2) is 23.8 Å². The first-order valence-electron chi connectivity index (χ1n) is 6.90. The molecule has 2 rings (SSSR count). The van der Waals surface area contributed by atoms with Crippen LogP contribution in [-0.4, -0.2) is 9.97 Å². The summed E-state index contributed by atoms with van der Waals surface area (Å²) in [7, 11) is 0. The van der Waals surface area contributed by atoms with Crippen molar-refractivity contribution < 1.29 is 0 Å². The molecule has 108 valence electrons. The number of hydrogen-bond acceptors (Lipinski definition) is 6. The van der Waals surface area contributed by atoms with Crippen molar-refractivity contribution in [1.29, 1.82) is 0 Å². The number of thiophene rings is 1. The van der Waals surface area contributed by atoms with E-state index in [1.165, 1.54) is 11.2 Å². The maximum absolute atomic E-state index is 5.54. The van der Waals surface area contributed by atoms with Gasteiger partial charge in [-0.3, -0.25) is 0 Å². The molecular weight excluding hydrogens is 270 g/mol. The van der Waals surface area contributed by atoms with E-state index in [-0.39, 0.29) is 6.04 Å². The van der Waals surface area contributed by atoms with E-state index in [4.69, 9.17) is 5.84 Å². The van der Waals surface area contributed by atoms with Gasteiger partial charge in [0.05, 0.1) is 6.04 Å². The topological polar surface area (TPSA) is 75.9 Å². The first-order valence-corrected chi connectivity index (χ1v) is 7.78. The molecule has 20 heavy (non-hydrogen) atoms. The summed E-state index contributed by atoms with van der Waals surface area (Å²) in [6, 6.07) is 4.49. The fourth-order valence-electron chi connectivity index (χ4n) is 2.18. The Bertz CT molecular complexity index is 526. The molecule has 2 heterocycles. The monoisotopic (exact) mass is 291 g/mol. The second-order valence-electron chi connectivity index (χ2n) is 4.56. The Morgan fingerprint density at radius 2 is 2.10 bits per heavy atom. The molecule has 0 bridgehead atoms. The number of anilines is 2. The molecule has 0 amide bonds. The van der Waals surface area contributed by atoms with Gasteiger partial charge in [-0.2, -0.15) is 0 Å². The highest BCUT2D eigenvalue weighted by Crippen LogP contribution is 2.29. The normalized spacial score (nSPS) is 12.2. The third-order valence-electron chi connectivity index (χ3n) is 3.19. The first-order chi connectivity index (χ1) is 9.80. The highest BCUT2D eigenvalue weighted by atomic mass is 32.1. The van der Waals surface area contributed by atoms with Crippen LogP contribution in [0.3, 0.4) is 0 Å². The molecule has 0 saturated carbocycles. The molecule has 2 aromatic heterocycles. The number of hydrazine groups is 1. The zero-order chi connectivity index (χ0) is 14.4. The van der Waals surface area contributed by atoms with Gasteiger partial charge in [-0.1, -0.05) is 26.3 Å². The van der Waals surface area contributed by atoms with Gasteiger partial charge in [0.25, 0.3) is 0 Å². The van der Waals surface area contributed by atoms with Crippen molar-refractivity contribution >= 4 is 23.0 Å². The van der Waals surface area contributed by atoms with Crippen molar-refractivity contribution in [1.82, 2.24) is 9.97 Å². The van der Waals surface area contributed by atoms with E-state index in [9.17, 15) is 0 Å². The Hall–Kier alpha value is -1.66. The van der Waals surface area contributed by atoms with Crippen molar-refractivity contribution in [2.45, 2.75) is 39.2 Å². The quantitative estimate of drug-likeness (QED) is 0.539. The highest BCUT2D eigenvalue weighted by Gasteiger charge is 2.15. The van der Waals surface area contributed by atoms with Gasteiger partial charge in [0.15, 0.2) is 0 Å². The van der Waals surface area contributed by atoms with Gasteiger partial charge in [0, 0.05) is 10.4 Å². The van der Waals surface area contributed by atoms with Crippen LogP contribution in [0.2, 0.25) is 0 Å². The number of nitrogens with zero attached hydrogens (tertiary/aromatic N) is 2. The number of nitrogens with two attached hydrogens (primary N) is 1. The fourth-order valence-corrected chi connectivity index (χ4v) is 3.04. The molecule has 0 aliphatic rings. The zero-order valence-corrected chi connectivity index (χ0v) is 12.7. The largest absolute Gasteiger partial charge is 0.362 e. The number of aromatic nitrogens is 2. The second kappa shape index (κ2) is 7.21. The minimum Gasteiger partial charge on any atom is -0.362 e. The summed E-state index contributed by atoms with van der Waals surface area (Å²) in [6.07, 6.45) is 4.45. The molecule has 0 aliphatic heterocycles. The average molecular weight is 291 g/mol. The third kappa shape index (κ3) is 3.26. The molecule has 1 unspecified atom stereocenters. The molecule has 2 aromatic rings. The number of nitrogen functional groups attached to an aromatic ring is 1. The zero-order valence-electron chi connectivity index (χ0n) is 11.9. The van der Waals surface area contributed by atoms with E-state index in [0.717, 1.165) is 30.6 Å². The highest BCUT2D eigenvalue weighted by molar-refractivity contribution is 7.10. The second-order valence-corrected chi connectivity index (χ2v) is 5.54. The van der Waals surface area contributed by atoms with Gasteiger partial charge in [-0.05, 0) is 24.3 Å². The summed E-state index contributed by atoms with van der Waals surface area (Å²) in [5, 5.41) is 5.62. The van der Waals surface area contributed by atoms with Gasteiger partial charge in [-0.25, -0.2) is 15.8 Å². The van der Waals surface area contributed by atoms with Gasteiger partial charge in [0.2, 0.25) is 0 Å². The van der Waals surface area contributed by atoms with Crippen LogP contribution in [0.4, 0.5) is 11.6 Å². The van der Waals surface area contributed by atoms with Gasteiger partial charge in [-0.15, -0.1) is 11.3 Å². The minimum absolute atomic E-state index is 0.270. The Morgan fingerprint density at radius 1 is 1.30 bits per heavy atom. The standard InChI is InChI=1S/C14H21N5S/c1-3-6-10-13(16-9-17-14(10)19-15)18-11(4-2)12-7-5-8-20-12/h5,7-9,11H,3-4,6,15H2,1-2H3,(H2,16,17,18,19). The van der Waals surface area contributed by atoms with Crippen LogP contribution in [-0.2, 0) is 6.42 Å². The summed E-state index contributed by atoms with van der Waals surface area (Å²) in [5.41, 5.74) is 3.71. The summed E-state index contributed by atoms with van der Waals surface area (Å²) >= 11 is 1.76. The van der Waals surface area contributed by atoms with Crippen LogP contribution >= 0.6 is 11.3 Å². The van der Waals surface area contributed by atoms with Crippen molar-refractivity contribution in [3.8, 4) is 0 Å². The lowest BCUT2D eigenvalue weighted by atomic mass is 10.1. The maximum Gasteiger partial charge on any atom is 0.148 e. The van der Waals surface area contributed by atoms with Crippen LogP contribution in [0.25, 0.3) is 0 Å². The molecule has 0 spiro atoms. The van der Waals surface area contributed by atoms with Gasteiger partial charge >= 0.3 is 0 Å². The summed E-state index contributed by atoms with van der Waals surface area (Å²) in [5.74, 6) is 7.11. The predicted octanol–water partition coefficient (Wildman–Crippen LogP) is 3.34. The number of nitrogens with one attached hydrogen (secondary N) is 2. The van der Waals surface area contributed by atoms with E-state index >= 15 is 0 Å². The molecule has 1 atom stereocenters. The lowest BCUT2D eigenvalue weighted by molar-refractivity contribution is 0.752. The molecule has 0 radical (unpaired) electrons. The molecule has 5 nitrogen and oxygen atoms in total. The molecule has 0 saturated heterocycles. The van der Waals surface area contributed by atoms with E-state index in [0.29, 0.717) is 5.82 Å². The number of hydrogen-bond donors (Lipinski definition) is 3. The molecular formula is C14H21N5S. The van der Waals surface area contributed by atoms with E-state index < -0.39 is 0 Å². The fraction of sp³-hybridized carbons (Fsp3) is 0.429. The van der Waals surface area contributed by atoms with Gasteiger partial charge in [0.1, 0.15) is 18.0 Å². The van der Waals surface area contributed by atoms with Gasteiger partial charge < -0.3 is 10.7 Å². The molecule has 0 fully saturated rings. The summed E-state index contributed by atoms with van der Waals surface area (Å²) in [4.78, 5) is 9.89. The average Bonchev–Trinajstić information content (AvgIpc) is 3.00. The van der Waals surface area contributed by atoms with E-state index in [1.807, 2.05) is 0 Å². The van der Waals surface area contributed by atoms with Crippen LogP contribution in [0.5, 0.6) is 0 Å². The maximum atomic E-state index is 5.54. The van der Waals surface area contributed by atoms with Crippen LogP contribution in [0.1, 0.15) is 43.2 Å². The smallest absolute Gasteiger partial charge is 0.148 e. The Labute approximate surface area is 123 Å². The lowest BCUT2D eigenvalue weighted by Gasteiger charge is -2.19. The van der Waals surface area contributed by atoms with E-state index in [2.05, 4.69) is 52.1 Å². The SMILES string of the molecule is CCCc1c(NN)ncnc1NC(CC)c1cccs1. The molecule has 0 aromatic carbocycles. The van der Waals surface area contributed by atoms with Crippen molar-refractivity contribution in [3.05, 3.63) is 34.3 Å². The molecule has 6 heteroatoms. The summed E-state index contributed by atoms with van der Waals surface area (Å²) in [6.45, 7) is 4.30. The Morgan fingerprint density at radius 3 is 2.70 bits per heavy atom. The molecule has 0 aliphatic carbocycles. The van der Waals surface area contributed by atoms with Crippen molar-refractivity contribution in [3.63, 3.8) is 0 Å². The van der Waals surface area contributed by atoms with Crippen LogP contribution in [0, 0.1) is 0 Å². The Kier molecular flexibility index (Phi) is 5.31. The van der Waals surface area contributed by atoms with Crippen molar-refractivity contribution in [2.75, 3.05) is 10.7 Å². The first kappa shape index (κ1) is 14.7. The number of rotatable bonds is 7. The van der Waals surface area contributed by atoms with E-state index in [1.54, 1.807) is 11.3 Å². The summed E-state index contributed by atoms with van der Waals surface area (Å²) < 4.78 is 0. The Balaban J connectivity index is 2.27. The van der Waals surface area contributed by atoms with Crippen LogP contribution < -0.4 is 16.6 Å².